The molecular weight excluding hydrogens is 341 g/mol. The Hall–Kier alpha value is -0.850. The monoisotopic (exact) mass is 365 g/mol. The quantitative estimate of drug-likeness (QED) is 0.552. The molecule has 4 N–H and O–H groups in total. The van der Waals surface area contributed by atoms with Crippen LogP contribution in [0.2, 0.25) is 0 Å². The standard InChI is InChI=1S/C15H24ClN3O3.ClH/c16-8-13(20)12(7-10-2-1-5-18-14(10)21)19-15(22)11(17)6-9-3-4-9;/h9-12H,1-8,17H2,(H,18,21)(H,19,22);1H/t10-,11-,12-;/m0./s1. The molecule has 1 saturated heterocycles. The van der Waals surface area contributed by atoms with Crippen LogP contribution in [0.25, 0.3) is 0 Å². The lowest BCUT2D eigenvalue weighted by atomic mass is 9.90. The minimum absolute atomic E-state index is 0. The van der Waals surface area contributed by atoms with Crippen LogP contribution in [0.5, 0.6) is 0 Å². The molecule has 23 heavy (non-hydrogen) atoms. The smallest absolute Gasteiger partial charge is 0.237 e. The summed E-state index contributed by atoms with van der Waals surface area (Å²) in [5.74, 6) is -0.566. The molecule has 0 spiro atoms. The number of ketones is 1. The predicted molar refractivity (Wildman–Crippen MR) is 90.6 cm³/mol. The maximum absolute atomic E-state index is 12.1. The van der Waals surface area contributed by atoms with Crippen LogP contribution in [0.3, 0.4) is 0 Å². The number of alkyl halides is 1. The van der Waals surface area contributed by atoms with E-state index < -0.39 is 12.1 Å². The van der Waals surface area contributed by atoms with Gasteiger partial charge in [-0.1, -0.05) is 12.8 Å². The zero-order valence-corrected chi connectivity index (χ0v) is 14.6. The van der Waals surface area contributed by atoms with E-state index in [1.165, 1.54) is 0 Å². The molecule has 1 aliphatic carbocycles. The van der Waals surface area contributed by atoms with Crippen LogP contribution in [0.4, 0.5) is 0 Å². The van der Waals surface area contributed by atoms with Crippen molar-refractivity contribution in [2.24, 2.45) is 17.6 Å². The molecule has 2 rings (SSSR count). The minimum Gasteiger partial charge on any atom is -0.356 e. The molecule has 3 atom stereocenters. The van der Waals surface area contributed by atoms with E-state index in [1.54, 1.807) is 0 Å². The molecule has 0 aromatic heterocycles. The van der Waals surface area contributed by atoms with Gasteiger partial charge in [-0.05, 0) is 31.6 Å². The molecule has 6 nitrogen and oxygen atoms in total. The fraction of sp³-hybridized carbons (Fsp3) is 0.800. The second-order valence-corrected chi connectivity index (χ2v) is 6.58. The fourth-order valence-electron chi connectivity index (χ4n) is 2.81. The SMILES string of the molecule is Cl.N[C@@H](CC1CC1)C(=O)N[C@@H](C[C@@H]1CCCNC1=O)C(=O)CCl. The van der Waals surface area contributed by atoms with Gasteiger partial charge in [-0.3, -0.25) is 14.4 Å². The van der Waals surface area contributed by atoms with Gasteiger partial charge in [-0.2, -0.15) is 0 Å². The number of carbonyl (C=O) groups is 3. The molecule has 132 valence electrons. The number of carbonyl (C=O) groups excluding carboxylic acids is 3. The van der Waals surface area contributed by atoms with E-state index in [2.05, 4.69) is 10.6 Å². The largest absolute Gasteiger partial charge is 0.356 e. The molecule has 2 aliphatic rings. The Kier molecular flexibility index (Phi) is 8.29. The highest BCUT2D eigenvalue weighted by Crippen LogP contribution is 2.33. The summed E-state index contributed by atoms with van der Waals surface area (Å²) in [6, 6.07) is -1.33. The Balaban J connectivity index is 0.00000264. The molecule has 2 fully saturated rings. The van der Waals surface area contributed by atoms with Crippen molar-refractivity contribution >= 4 is 41.6 Å². The van der Waals surface area contributed by atoms with Gasteiger partial charge in [0.1, 0.15) is 0 Å². The zero-order valence-electron chi connectivity index (χ0n) is 13.1. The van der Waals surface area contributed by atoms with Gasteiger partial charge >= 0.3 is 0 Å². The van der Waals surface area contributed by atoms with Crippen molar-refractivity contribution < 1.29 is 14.4 Å². The molecule has 0 aromatic rings. The van der Waals surface area contributed by atoms with Crippen LogP contribution in [0.15, 0.2) is 0 Å². The second kappa shape index (κ2) is 9.45. The molecule has 1 aliphatic heterocycles. The number of amides is 2. The van der Waals surface area contributed by atoms with Crippen molar-refractivity contribution in [3.8, 4) is 0 Å². The van der Waals surface area contributed by atoms with Crippen molar-refractivity contribution in [2.75, 3.05) is 12.4 Å². The van der Waals surface area contributed by atoms with Gasteiger partial charge in [0.15, 0.2) is 5.78 Å². The predicted octanol–water partition coefficient (Wildman–Crippen LogP) is 0.745. The summed E-state index contributed by atoms with van der Waals surface area (Å²) in [6.07, 6.45) is 4.78. The lowest BCUT2D eigenvalue weighted by Gasteiger charge is -2.26. The zero-order chi connectivity index (χ0) is 16.1. The molecule has 0 radical (unpaired) electrons. The summed E-state index contributed by atoms with van der Waals surface area (Å²) in [6.45, 7) is 0.669. The number of nitrogens with one attached hydrogen (secondary N) is 2. The average molecular weight is 366 g/mol. The topological polar surface area (TPSA) is 101 Å². The number of nitrogens with two attached hydrogens (primary N) is 1. The number of halogens is 2. The first-order chi connectivity index (χ1) is 10.5. The van der Waals surface area contributed by atoms with Crippen LogP contribution >= 0.6 is 24.0 Å². The van der Waals surface area contributed by atoms with Gasteiger partial charge in [0.25, 0.3) is 0 Å². The molecule has 0 unspecified atom stereocenters. The average Bonchev–Trinajstić information content (AvgIpc) is 3.31. The first kappa shape index (κ1) is 20.2. The normalized spacial score (nSPS) is 23.2. The molecule has 8 heteroatoms. The highest BCUT2D eigenvalue weighted by Gasteiger charge is 2.32. The van der Waals surface area contributed by atoms with Gasteiger partial charge in [0.2, 0.25) is 11.8 Å². The molecule has 0 bridgehead atoms. The van der Waals surface area contributed by atoms with E-state index in [9.17, 15) is 14.4 Å². The number of rotatable bonds is 8. The van der Waals surface area contributed by atoms with Crippen molar-refractivity contribution in [2.45, 2.75) is 50.6 Å². The fourth-order valence-corrected chi connectivity index (χ4v) is 2.99. The van der Waals surface area contributed by atoms with E-state index in [4.69, 9.17) is 17.3 Å². The first-order valence-corrected chi connectivity index (χ1v) is 8.47. The van der Waals surface area contributed by atoms with Crippen molar-refractivity contribution in [3.63, 3.8) is 0 Å². The summed E-state index contributed by atoms with van der Waals surface area (Å²) in [5, 5.41) is 5.47. The van der Waals surface area contributed by atoms with Crippen molar-refractivity contribution in [1.29, 1.82) is 0 Å². The van der Waals surface area contributed by atoms with Crippen LogP contribution in [0, 0.1) is 11.8 Å². The Morgan fingerprint density at radius 1 is 1.30 bits per heavy atom. The van der Waals surface area contributed by atoms with Gasteiger partial charge < -0.3 is 16.4 Å². The molecule has 2 amide bonds. The highest BCUT2D eigenvalue weighted by molar-refractivity contribution is 6.28. The van der Waals surface area contributed by atoms with Gasteiger partial charge in [0, 0.05) is 12.5 Å². The van der Waals surface area contributed by atoms with E-state index in [0.717, 1.165) is 25.7 Å². The summed E-state index contributed by atoms with van der Waals surface area (Å²) < 4.78 is 0. The summed E-state index contributed by atoms with van der Waals surface area (Å²) >= 11 is 5.63. The molecular formula is C15H25Cl2N3O3. The van der Waals surface area contributed by atoms with E-state index in [1.807, 2.05) is 0 Å². The number of Topliss-reactive ketones (excluding diaryl/α,β-unsaturated/α-hetero) is 1. The maximum Gasteiger partial charge on any atom is 0.237 e. The first-order valence-electron chi connectivity index (χ1n) is 7.93. The molecule has 1 saturated carbocycles. The summed E-state index contributed by atoms with van der Waals surface area (Å²) in [5.41, 5.74) is 5.87. The van der Waals surface area contributed by atoms with Crippen LogP contribution in [0.1, 0.15) is 38.5 Å². The Bertz CT molecular complexity index is 444. The Morgan fingerprint density at radius 3 is 2.57 bits per heavy atom. The van der Waals surface area contributed by atoms with Gasteiger partial charge in [-0.25, -0.2) is 0 Å². The van der Waals surface area contributed by atoms with E-state index in [-0.39, 0.29) is 41.8 Å². The summed E-state index contributed by atoms with van der Waals surface area (Å²) in [4.78, 5) is 35.9. The number of hydrogen-bond donors (Lipinski definition) is 3. The Labute approximate surface area is 147 Å². The number of piperidine rings is 1. The number of hydrogen-bond acceptors (Lipinski definition) is 4. The highest BCUT2D eigenvalue weighted by atomic mass is 35.5. The second-order valence-electron chi connectivity index (χ2n) is 6.31. The lowest BCUT2D eigenvalue weighted by Crippen LogP contribution is -2.51. The summed E-state index contributed by atoms with van der Waals surface area (Å²) in [7, 11) is 0. The van der Waals surface area contributed by atoms with Crippen LogP contribution in [-0.4, -0.2) is 42.1 Å². The van der Waals surface area contributed by atoms with Gasteiger partial charge in [-0.15, -0.1) is 24.0 Å². The van der Waals surface area contributed by atoms with Crippen LogP contribution in [-0.2, 0) is 14.4 Å². The third-order valence-electron chi connectivity index (χ3n) is 4.38. The van der Waals surface area contributed by atoms with Crippen LogP contribution < -0.4 is 16.4 Å². The maximum atomic E-state index is 12.1. The lowest BCUT2D eigenvalue weighted by molar-refractivity contribution is -0.130. The molecule has 1 heterocycles. The van der Waals surface area contributed by atoms with Crippen molar-refractivity contribution in [1.82, 2.24) is 10.6 Å². The Morgan fingerprint density at radius 2 is 2.00 bits per heavy atom. The minimum atomic E-state index is -0.732. The molecule has 0 aromatic carbocycles. The van der Waals surface area contributed by atoms with E-state index in [0.29, 0.717) is 25.3 Å². The van der Waals surface area contributed by atoms with E-state index >= 15 is 0 Å². The third kappa shape index (κ3) is 6.28. The third-order valence-corrected chi connectivity index (χ3v) is 4.64. The van der Waals surface area contributed by atoms with Gasteiger partial charge in [0.05, 0.1) is 18.0 Å². The van der Waals surface area contributed by atoms with Crippen molar-refractivity contribution in [3.05, 3.63) is 0 Å².